The molecular weight excluding hydrogens is 521 g/mol. The van der Waals surface area contributed by atoms with Gasteiger partial charge in [-0.05, 0) is 61.7 Å². The first-order valence-electron chi connectivity index (χ1n) is 10.6. The SMILES string of the molecule is CCNC(=O)[C@H](CC)N(Cc1ccc(Cl)cc1Cl)C(=O)CN(c1ccc(Cl)cc1C)S(C)(=O)=O. The van der Waals surface area contributed by atoms with E-state index in [9.17, 15) is 18.0 Å². The van der Waals surface area contributed by atoms with Crippen molar-refractivity contribution in [2.24, 2.45) is 0 Å². The third-order valence-corrected chi connectivity index (χ3v) is 7.15. The largest absolute Gasteiger partial charge is 0.355 e. The van der Waals surface area contributed by atoms with E-state index in [1.54, 1.807) is 57.2 Å². The zero-order valence-electron chi connectivity index (χ0n) is 19.4. The molecule has 0 saturated carbocycles. The lowest BCUT2D eigenvalue weighted by atomic mass is 10.1. The average molecular weight is 549 g/mol. The topological polar surface area (TPSA) is 86.8 Å². The number of nitrogens with one attached hydrogen (secondary N) is 1. The van der Waals surface area contributed by atoms with Crippen LogP contribution in [-0.4, -0.2) is 50.5 Å². The summed E-state index contributed by atoms with van der Waals surface area (Å²) in [5.74, 6) is -0.888. The smallest absolute Gasteiger partial charge is 0.244 e. The Bertz CT molecular complexity index is 1160. The average Bonchev–Trinajstić information content (AvgIpc) is 2.73. The first-order valence-corrected chi connectivity index (χ1v) is 13.6. The minimum atomic E-state index is -3.83. The van der Waals surface area contributed by atoms with Gasteiger partial charge in [0.25, 0.3) is 0 Å². The van der Waals surface area contributed by atoms with Gasteiger partial charge in [0, 0.05) is 28.2 Å². The summed E-state index contributed by atoms with van der Waals surface area (Å²) in [4.78, 5) is 27.7. The molecule has 2 amide bonds. The summed E-state index contributed by atoms with van der Waals surface area (Å²) in [5, 5.41) is 3.96. The number of sulfonamides is 1. The van der Waals surface area contributed by atoms with Crippen LogP contribution in [0.3, 0.4) is 0 Å². The molecule has 0 aromatic heterocycles. The molecule has 0 bridgehead atoms. The number of hydrogen-bond donors (Lipinski definition) is 1. The highest BCUT2D eigenvalue weighted by atomic mass is 35.5. The Morgan fingerprint density at radius 2 is 1.65 bits per heavy atom. The number of hydrogen-bond acceptors (Lipinski definition) is 4. The fourth-order valence-corrected chi connectivity index (χ4v) is 5.14. The summed E-state index contributed by atoms with van der Waals surface area (Å²) in [5.41, 5.74) is 1.50. The number of nitrogens with zero attached hydrogens (tertiary/aromatic N) is 2. The lowest BCUT2D eigenvalue weighted by Crippen LogP contribution is -2.52. The maximum Gasteiger partial charge on any atom is 0.244 e. The van der Waals surface area contributed by atoms with Gasteiger partial charge in [0.1, 0.15) is 12.6 Å². The summed E-state index contributed by atoms with van der Waals surface area (Å²) < 4.78 is 26.3. The van der Waals surface area contributed by atoms with Gasteiger partial charge < -0.3 is 10.2 Å². The van der Waals surface area contributed by atoms with Crippen molar-refractivity contribution in [1.29, 1.82) is 0 Å². The molecule has 0 aliphatic carbocycles. The van der Waals surface area contributed by atoms with Gasteiger partial charge in [0.2, 0.25) is 21.8 Å². The number of amides is 2. The number of carbonyl (C=O) groups is 2. The van der Waals surface area contributed by atoms with Gasteiger partial charge in [-0.1, -0.05) is 47.8 Å². The van der Waals surface area contributed by atoms with Crippen molar-refractivity contribution >= 4 is 62.3 Å². The van der Waals surface area contributed by atoms with Crippen LogP contribution in [0.2, 0.25) is 15.1 Å². The zero-order valence-corrected chi connectivity index (χ0v) is 22.5. The van der Waals surface area contributed by atoms with Gasteiger partial charge in [-0.3, -0.25) is 13.9 Å². The second-order valence-electron chi connectivity index (χ2n) is 7.78. The van der Waals surface area contributed by atoms with Crippen molar-refractivity contribution < 1.29 is 18.0 Å². The number of rotatable bonds is 10. The summed E-state index contributed by atoms with van der Waals surface area (Å²) in [7, 11) is -3.83. The van der Waals surface area contributed by atoms with Gasteiger partial charge in [-0.15, -0.1) is 0 Å². The molecule has 2 aromatic carbocycles. The maximum absolute atomic E-state index is 13.6. The van der Waals surface area contributed by atoms with Crippen molar-refractivity contribution in [2.75, 3.05) is 23.7 Å². The highest BCUT2D eigenvalue weighted by molar-refractivity contribution is 7.92. The molecular formula is C23H28Cl3N3O4S. The summed E-state index contributed by atoms with van der Waals surface area (Å²) in [6.07, 6.45) is 1.34. The van der Waals surface area contributed by atoms with E-state index in [1.807, 2.05) is 0 Å². The molecule has 2 aromatic rings. The van der Waals surface area contributed by atoms with Crippen molar-refractivity contribution in [3.05, 3.63) is 62.6 Å². The Morgan fingerprint density at radius 3 is 2.18 bits per heavy atom. The van der Waals surface area contributed by atoms with Crippen LogP contribution in [0.15, 0.2) is 36.4 Å². The Kier molecular flexibility index (Phi) is 10.1. The third kappa shape index (κ3) is 7.25. The van der Waals surface area contributed by atoms with Crippen LogP contribution in [0.25, 0.3) is 0 Å². The van der Waals surface area contributed by atoms with E-state index in [2.05, 4.69) is 5.32 Å². The Balaban J connectivity index is 2.50. The van der Waals surface area contributed by atoms with Crippen molar-refractivity contribution in [1.82, 2.24) is 10.2 Å². The molecule has 0 aliphatic rings. The lowest BCUT2D eigenvalue weighted by Gasteiger charge is -2.33. The second-order valence-corrected chi connectivity index (χ2v) is 11.0. The predicted molar refractivity (Wildman–Crippen MR) is 138 cm³/mol. The van der Waals surface area contributed by atoms with Crippen LogP contribution >= 0.6 is 34.8 Å². The van der Waals surface area contributed by atoms with E-state index in [1.165, 1.54) is 4.90 Å². The van der Waals surface area contributed by atoms with E-state index >= 15 is 0 Å². The van der Waals surface area contributed by atoms with E-state index in [-0.39, 0.29) is 12.5 Å². The van der Waals surface area contributed by atoms with Crippen molar-refractivity contribution in [2.45, 2.75) is 39.8 Å². The van der Waals surface area contributed by atoms with E-state index in [0.717, 1.165) is 10.6 Å². The van der Waals surface area contributed by atoms with Crippen LogP contribution in [0, 0.1) is 6.92 Å². The zero-order chi connectivity index (χ0) is 25.6. The highest BCUT2D eigenvalue weighted by Gasteiger charge is 2.32. The molecule has 0 spiro atoms. The molecule has 0 aliphatic heterocycles. The molecule has 0 heterocycles. The number of likely N-dealkylation sites (N-methyl/N-ethyl adjacent to an activating group) is 1. The molecule has 1 atom stereocenters. The first-order chi connectivity index (χ1) is 15.9. The molecule has 0 radical (unpaired) electrons. The quantitative estimate of drug-likeness (QED) is 0.468. The fraction of sp³-hybridized carbons (Fsp3) is 0.391. The molecule has 0 fully saturated rings. The number of aryl methyl sites for hydroxylation is 1. The summed E-state index contributed by atoms with van der Waals surface area (Å²) >= 11 is 18.4. The normalized spacial score (nSPS) is 12.2. The van der Waals surface area contributed by atoms with Gasteiger partial charge >= 0.3 is 0 Å². The van der Waals surface area contributed by atoms with Crippen LogP contribution in [0.5, 0.6) is 0 Å². The standard InChI is InChI=1S/C23H28Cl3N3O4S/c1-5-20(23(31)27-6-2)28(13-16-7-8-18(25)12-19(16)26)22(30)14-29(34(4,32)33)21-10-9-17(24)11-15(21)3/h7-12,20H,5-6,13-14H2,1-4H3,(H,27,31)/t20-/m0/s1. The van der Waals surface area contributed by atoms with Crippen molar-refractivity contribution in [3.8, 4) is 0 Å². The number of benzene rings is 2. The number of carbonyl (C=O) groups excluding carboxylic acids is 2. The molecule has 7 nitrogen and oxygen atoms in total. The lowest BCUT2D eigenvalue weighted by molar-refractivity contribution is -0.140. The molecule has 0 unspecified atom stereocenters. The Morgan fingerprint density at radius 1 is 1.03 bits per heavy atom. The molecule has 2 rings (SSSR count). The van der Waals surface area contributed by atoms with Crippen LogP contribution < -0.4 is 9.62 Å². The Hall–Kier alpha value is -2.00. The molecule has 0 saturated heterocycles. The Labute approximate surface area is 216 Å². The summed E-state index contributed by atoms with van der Waals surface area (Å²) in [6.45, 7) is 5.16. The minimum absolute atomic E-state index is 0.00167. The first kappa shape index (κ1) is 28.2. The van der Waals surface area contributed by atoms with Crippen LogP contribution in [0.4, 0.5) is 5.69 Å². The van der Waals surface area contributed by atoms with E-state index in [0.29, 0.717) is 44.8 Å². The highest BCUT2D eigenvalue weighted by Crippen LogP contribution is 2.27. The van der Waals surface area contributed by atoms with E-state index in [4.69, 9.17) is 34.8 Å². The maximum atomic E-state index is 13.6. The number of anilines is 1. The molecule has 11 heteroatoms. The predicted octanol–water partition coefficient (Wildman–Crippen LogP) is 4.66. The van der Waals surface area contributed by atoms with Gasteiger partial charge in [0.15, 0.2) is 0 Å². The van der Waals surface area contributed by atoms with Crippen molar-refractivity contribution in [3.63, 3.8) is 0 Å². The molecule has 34 heavy (non-hydrogen) atoms. The van der Waals surface area contributed by atoms with Crippen LogP contribution in [0.1, 0.15) is 31.4 Å². The van der Waals surface area contributed by atoms with E-state index < -0.39 is 28.5 Å². The second kappa shape index (κ2) is 12.1. The molecule has 1 N–H and O–H groups in total. The van der Waals surface area contributed by atoms with Gasteiger partial charge in [-0.25, -0.2) is 8.42 Å². The summed E-state index contributed by atoms with van der Waals surface area (Å²) in [6, 6.07) is 8.76. The number of halogens is 3. The van der Waals surface area contributed by atoms with Crippen LogP contribution in [-0.2, 0) is 26.2 Å². The third-order valence-electron chi connectivity index (χ3n) is 5.20. The minimum Gasteiger partial charge on any atom is -0.355 e. The van der Waals surface area contributed by atoms with Gasteiger partial charge in [-0.2, -0.15) is 0 Å². The fourth-order valence-electron chi connectivity index (χ4n) is 3.54. The monoisotopic (exact) mass is 547 g/mol. The molecule has 186 valence electrons. The van der Waals surface area contributed by atoms with Gasteiger partial charge in [0.05, 0.1) is 11.9 Å².